The lowest BCUT2D eigenvalue weighted by Crippen LogP contribution is -2.36. The lowest BCUT2D eigenvalue weighted by Gasteiger charge is -2.12. The summed E-state index contributed by atoms with van der Waals surface area (Å²) in [5.41, 5.74) is 3.06. The summed E-state index contributed by atoms with van der Waals surface area (Å²) in [5.74, 6) is -0.787. The first-order chi connectivity index (χ1) is 18.3. The summed E-state index contributed by atoms with van der Waals surface area (Å²) in [6.07, 6.45) is 3.51. The first-order valence-electron chi connectivity index (χ1n) is 11.6. The van der Waals surface area contributed by atoms with Gasteiger partial charge in [0.25, 0.3) is 17.1 Å². The van der Waals surface area contributed by atoms with Crippen molar-refractivity contribution in [1.82, 2.24) is 4.90 Å². The van der Waals surface area contributed by atoms with Crippen LogP contribution in [0.25, 0.3) is 6.08 Å². The summed E-state index contributed by atoms with van der Waals surface area (Å²) < 4.78 is 5.54. The van der Waals surface area contributed by atoms with Gasteiger partial charge in [0.2, 0.25) is 5.91 Å². The Hall–Kier alpha value is -4.02. The van der Waals surface area contributed by atoms with Crippen LogP contribution in [0.4, 0.5) is 16.2 Å². The molecule has 0 atom stereocenters. The molecule has 10 heteroatoms. The second kappa shape index (κ2) is 12.5. The van der Waals surface area contributed by atoms with Crippen LogP contribution >= 0.6 is 23.5 Å². The number of benzene rings is 3. The molecule has 0 aromatic heterocycles. The van der Waals surface area contributed by atoms with Crippen molar-refractivity contribution < 1.29 is 23.9 Å². The van der Waals surface area contributed by atoms with Gasteiger partial charge >= 0.3 is 0 Å². The summed E-state index contributed by atoms with van der Waals surface area (Å²) in [5, 5.41) is 4.98. The van der Waals surface area contributed by atoms with Gasteiger partial charge < -0.3 is 15.4 Å². The van der Waals surface area contributed by atoms with E-state index in [2.05, 4.69) is 10.6 Å². The van der Waals surface area contributed by atoms with Crippen molar-refractivity contribution in [2.75, 3.05) is 30.0 Å². The fraction of sp³-hybridized carbons (Fsp3) is 0.143. The smallest absolute Gasteiger partial charge is 0.294 e. The zero-order valence-corrected chi connectivity index (χ0v) is 22.4. The van der Waals surface area contributed by atoms with Crippen LogP contribution in [-0.4, -0.2) is 47.3 Å². The molecule has 38 heavy (non-hydrogen) atoms. The number of nitrogens with one attached hydrogen (secondary N) is 2. The normalized spacial score (nSPS) is 14.1. The Balaban J connectivity index is 1.30. The van der Waals surface area contributed by atoms with Crippen molar-refractivity contribution in [3.8, 4) is 5.75 Å². The molecule has 0 spiro atoms. The molecule has 1 aliphatic rings. The number of thioether (sulfide) groups is 2. The molecule has 4 amide bonds. The van der Waals surface area contributed by atoms with Crippen molar-refractivity contribution in [3.63, 3.8) is 0 Å². The van der Waals surface area contributed by atoms with Gasteiger partial charge in [0.1, 0.15) is 12.3 Å². The van der Waals surface area contributed by atoms with Crippen LogP contribution in [0, 0.1) is 6.92 Å². The zero-order valence-electron chi connectivity index (χ0n) is 20.7. The van der Waals surface area contributed by atoms with E-state index in [1.807, 2.05) is 55.6 Å². The maximum atomic E-state index is 12.8. The molecule has 1 heterocycles. The predicted octanol–water partition coefficient (Wildman–Crippen LogP) is 5.41. The van der Waals surface area contributed by atoms with Crippen molar-refractivity contribution >= 4 is 63.9 Å². The summed E-state index contributed by atoms with van der Waals surface area (Å²) in [4.78, 5) is 51.9. The van der Waals surface area contributed by atoms with E-state index in [9.17, 15) is 19.2 Å². The molecule has 1 aliphatic heterocycles. The number of rotatable bonds is 9. The first-order valence-corrected chi connectivity index (χ1v) is 13.6. The number of anilines is 2. The van der Waals surface area contributed by atoms with Crippen molar-refractivity contribution in [2.24, 2.45) is 0 Å². The van der Waals surface area contributed by atoms with Gasteiger partial charge in [0.05, 0.1) is 4.91 Å². The van der Waals surface area contributed by atoms with E-state index < -0.39 is 17.1 Å². The molecule has 0 radical (unpaired) electrons. The number of carbonyl (C=O) groups is 4. The maximum Gasteiger partial charge on any atom is 0.294 e. The van der Waals surface area contributed by atoms with E-state index in [0.29, 0.717) is 22.7 Å². The highest BCUT2D eigenvalue weighted by Crippen LogP contribution is 2.32. The standard InChI is InChI=1S/C28H25N3O5S2/c1-18-6-10-20(11-7-18)29-26(33)17-36-22-12-8-19(9-13-22)14-24-27(34)31(28(35)38-24)16-25(32)30-21-4-3-5-23(15-21)37-2/h3-15H,16-17H2,1-2H3,(H,29,33)(H,30,32)/b24-14+. The molecule has 0 unspecified atom stereocenters. The molecule has 8 nitrogen and oxygen atoms in total. The van der Waals surface area contributed by atoms with Gasteiger partial charge in [-0.05, 0) is 79.0 Å². The minimum absolute atomic E-state index is 0.157. The Kier molecular flexibility index (Phi) is 8.88. The molecule has 0 bridgehead atoms. The fourth-order valence-electron chi connectivity index (χ4n) is 3.48. The Labute approximate surface area is 228 Å². The van der Waals surface area contributed by atoms with E-state index in [4.69, 9.17) is 4.74 Å². The summed E-state index contributed by atoms with van der Waals surface area (Å²) >= 11 is 2.33. The number of carbonyl (C=O) groups excluding carboxylic acids is 4. The van der Waals surface area contributed by atoms with Gasteiger partial charge in [-0.2, -0.15) is 0 Å². The van der Waals surface area contributed by atoms with E-state index in [1.165, 1.54) is 0 Å². The van der Waals surface area contributed by atoms with Crippen molar-refractivity contribution in [2.45, 2.75) is 11.8 Å². The summed E-state index contributed by atoms with van der Waals surface area (Å²) in [6, 6.07) is 21.5. The third-order valence-corrected chi connectivity index (χ3v) is 7.04. The zero-order chi connectivity index (χ0) is 27.1. The van der Waals surface area contributed by atoms with Gasteiger partial charge in [-0.1, -0.05) is 35.9 Å². The molecular weight excluding hydrogens is 522 g/mol. The molecule has 0 saturated carbocycles. The molecule has 2 N–H and O–H groups in total. The number of nitrogens with zero attached hydrogens (tertiary/aromatic N) is 1. The third-order valence-electron chi connectivity index (χ3n) is 5.41. The van der Waals surface area contributed by atoms with E-state index in [-0.39, 0.29) is 24.0 Å². The van der Waals surface area contributed by atoms with Crippen LogP contribution in [0.15, 0.2) is 82.6 Å². The Morgan fingerprint density at radius 3 is 2.37 bits per heavy atom. The number of hydrogen-bond acceptors (Lipinski definition) is 7. The average Bonchev–Trinajstić information content (AvgIpc) is 3.16. The molecule has 4 rings (SSSR count). The largest absolute Gasteiger partial charge is 0.484 e. The highest BCUT2D eigenvalue weighted by Gasteiger charge is 2.36. The van der Waals surface area contributed by atoms with Crippen LogP contribution in [0.1, 0.15) is 11.1 Å². The fourth-order valence-corrected chi connectivity index (χ4v) is 4.77. The average molecular weight is 548 g/mol. The van der Waals surface area contributed by atoms with Crippen LogP contribution < -0.4 is 15.4 Å². The van der Waals surface area contributed by atoms with Crippen LogP contribution in [0.2, 0.25) is 0 Å². The van der Waals surface area contributed by atoms with Gasteiger partial charge in [-0.3, -0.25) is 24.1 Å². The molecule has 194 valence electrons. The summed E-state index contributed by atoms with van der Waals surface area (Å²) in [6.45, 7) is 1.44. The molecule has 3 aromatic rings. The van der Waals surface area contributed by atoms with E-state index >= 15 is 0 Å². The molecule has 1 fully saturated rings. The predicted molar refractivity (Wildman–Crippen MR) is 151 cm³/mol. The minimum Gasteiger partial charge on any atom is -0.484 e. The van der Waals surface area contributed by atoms with Crippen molar-refractivity contribution in [3.05, 3.63) is 88.8 Å². The van der Waals surface area contributed by atoms with Crippen molar-refractivity contribution in [1.29, 1.82) is 0 Å². The topological polar surface area (TPSA) is 105 Å². The quantitative estimate of drug-likeness (QED) is 0.273. The van der Waals surface area contributed by atoms with Gasteiger partial charge in [-0.25, -0.2) is 0 Å². The number of imide groups is 1. The second-order valence-corrected chi connectivity index (χ2v) is 10.2. The Morgan fingerprint density at radius 1 is 0.947 bits per heavy atom. The number of ether oxygens (including phenoxy) is 1. The number of aryl methyl sites for hydroxylation is 1. The molecule has 3 aromatic carbocycles. The Bertz CT molecular complexity index is 1390. The van der Waals surface area contributed by atoms with Gasteiger partial charge in [0, 0.05) is 16.3 Å². The number of hydrogen-bond donors (Lipinski definition) is 2. The Morgan fingerprint density at radius 2 is 1.66 bits per heavy atom. The maximum absolute atomic E-state index is 12.8. The number of amides is 4. The molecule has 0 aliphatic carbocycles. The highest BCUT2D eigenvalue weighted by atomic mass is 32.2. The van der Waals surface area contributed by atoms with Gasteiger partial charge in [0.15, 0.2) is 6.61 Å². The van der Waals surface area contributed by atoms with Crippen LogP contribution in [0.5, 0.6) is 5.75 Å². The third kappa shape index (κ3) is 7.27. The first kappa shape index (κ1) is 27.0. The van der Waals surface area contributed by atoms with E-state index in [1.54, 1.807) is 48.2 Å². The lowest BCUT2D eigenvalue weighted by molar-refractivity contribution is -0.127. The highest BCUT2D eigenvalue weighted by molar-refractivity contribution is 8.18. The lowest BCUT2D eigenvalue weighted by atomic mass is 10.2. The molecular formula is C28H25N3O5S2. The summed E-state index contributed by atoms with van der Waals surface area (Å²) in [7, 11) is 0. The molecule has 1 saturated heterocycles. The van der Waals surface area contributed by atoms with Crippen LogP contribution in [0.3, 0.4) is 0 Å². The monoisotopic (exact) mass is 547 g/mol. The van der Waals surface area contributed by atoms with Gasteiger partial charge in [-0.15, -0.1) is 11.8 Å². The second-order valence-electron chi connectivity index (χ2n) is 8.32. The minimum atomic E-state index is -0.527. The SMILES string of the molecule is CSc1cccc(NC(=O)CN2C(=O)S/C(=C/c3ccc(OCC(=O)Nc4ccc(C)cc4)cc3)C2=O)c1. The van der Waals surface area contributed by atoms with E-state index in [0.717, 1.165) is 27.1 Å². The van der Waals surface area contributed by atoms with Crippen LogP contribution in [-0.2, 0) is 14.4 Å².